The van der Waals surface area contributed by atoms with Gasteiger partial charge in [0.1, 0.15) is 11.0 Å². The third kappa shape index (κ3) is 3.43. The molecule has 2 rings (SSSR count). The molecule has 1 aromatic carbocycles. The van der Waals surface area contributed by atoms with Gasteiger partial charge in [-0.25, -0.2) is 4.79 Å². The summed E-state index contributed by atoms with van der Waals surface area (Å²) < 4.78 is 5.64. The fraction of sp³-hybridized carbons (Fsp3) is 0.267. The number of hydrogen-bond donors (Lipinski definition) is 1. The Labute approximate surface area is 117 Å². The molecule has 19 heavy (non-hydrogen) atoms. The van der Waals surface area contributed by atoms with Crippen molar-refractivity contribution < 1.29 is 9.53 Å². The number of carbonyl (C=O) groups excluding carboxylic acids is 1. The third-order valence-corrected chi connectivity index (χ3v) is 3.84. The van der Waals surface area contributed by atoms with E-state index in [0.29, 0.717) is 4.88 Å². The van der Waals surface area contributed by atoms with Gasteiger partial charge in [0.2, 0.25) is 0 Å². The number of hydrogen-bond acceptors (Lipinski definition) is 4. The molecule has 0 aliphatic heterocycles. The highest BCUT2D eigenvalue weighted by atomic mass is 32.1. The largest absolute Gasteiger partial charge is 0.452 e. The molecule has 2 atom stereocenters. The normalized spacial score (nSPS) is 13.8. The summed E-state index contributed by atoms with van der Waals surface area (Å²) in [6.07, 6.45) is -0.291. The molecule has 100 valence electrons. The predicted octanol–water partition coefficient (Wildman–Crippen LogP) is 3.25. The van der Waals surface area contributed by atoms with Crippen LogP contribution in [0.1, 0.15) is 28.3 Å². The van der Waals surface area contributed by atoms with Crippen LogP contribution in [-0.4, -0.2) is 19.1 Å². The molecule has 1 heterocycles. The van der Waals surface area contributed by atoms with Crippen molar-refractivity contribution in [2.75, 3.05) is 7.05 Å². The number of benzene rings is 1. The maximum absolute atomic E-state index is 12.1. The average Bonchev–Trinajstić information content (AvgIpc) is 2.99. The fourth-order valence-electron chi connectivity index (χ4n) is 1.82. The molecule has 2 aromatic rings. The van der Waals surface area contributed by atoms with Gasteiger partial charge in [-0.15, -0.1) is 11.3 Å². The van der Waals surface area contributed by atoms with Gasteiger partial charge in [-0.05, 0) is 31.0 Å². The number of likely N-dealkylation sites (N-methyl/N-ethyl adjacent to an activating group) is 1. The van der Waals surface area contributed by atoms with E-state index in [9.17, 15) is 4.79 Å². The lowest BCUT2D eigenvalue weighted by Crippen LogP contribution is -2.32. The molecule has 1 aromatic heterocycles. The molecule has 0 fully saturated rings. The van der Waals surface area contributed by atoms with Crippen molar-refractivity contribution in [1.82, 2.24) is 5.32 Å². The Kier molecular flexibility index (Phi) is 4.71. The monoisotopic (exact) mass is 275 g/mol. The summed E-state index contributed by atoms with van der Waals surface area (Å²) in [4.78, 5) is 12.7. The summed E-state index contributed by atoms with van der Waals surface area (Å²) in [6, 6.07) is 13.5. The molecule has 0 radical (unpaired) electrons. The molecule has 0 aliphatic rings. The number of esters is 1. The summed E-state index contributed by atoms with van der Waals surface area (Å²) in [5.74, 6) is -0.272. The zero-order valence-corrected chi connectivity index (χ0v) is 11.8. The van der Waals surface area contributed by atoms with E-state index in [1.165, 1.54) is 11.3 Å². The summed E-state index contributed by atoms with van der Waals surface area (Å²) >= 11 is 1.39. The van der Waals surface area contributed by atoms with E-state index >= 15 is 0 Å². The van der Waals surface area contributed by atoms with E-state index in [1.54, 1.807) is 6.07 Å². The summed E-state index contributed by atoms with van der Waals surface area (Å²) in [5, 5.41) is 5.01. The minimum Gasteiger partial charge on any atom is -0.452 e. The quantitative estimate of drug-likeness (QED) is 0.851. The van der Waals surface area contributed by atoms with Crippen LogP contribution in [0.5, 0.6) is 0 Å². The Morgan fingerprint density at radius 3 is 2.53 bits per heavy atom. The molecule has 0 aliphatic carbocycles. The number of nitrogens with one attached hydrogen (secondary N) is 1. The summed E-state index contributed by atoms with van der Waals surface area (Å²) in [7, 11) is 1.86. The van der Waals surface area contributed by atoms with Crippen molar-refractivity contribution in [1.29, 1.82) is 0 Å². The van der Waals surface area contributed by atoms with Gasteiger partial charge in [0.15, 0.2) is 0 Å². The van der Waals surface area contributed by atoms with Crippen LogP contribution in [0, 0.1) is 0 Å². The van der Waals surface area contributed by atoms with Crippen molar-refractivity contribution in [2.45, 2.75) is 19.1 Å². The molecule has 4 heteroatoms. The Bertz CT molecular complexity index is 510. The topological polar surface area (TPSA) is 38.3 Å². The van der Waals surface area contributed by atoms with Crippen LogP contribution < -0.4 is 5.32 Å². The number of carbonyl (C=O) groups is 1. The van der Waals surface area contributed by atoms with Crippen molar-refractivity contribution in [3.05, 3.63) is 58.3 Å². The average molecular weight is 275 g/mol. The van der Waals surface area contributed by atoms with Gasteiger partial charge in [-0.1, -0.05) is 36.4 Å². The Balaban J connectivity index is 2.17. The van der Waals surface area contributed by atoms with E-state index in [-0.39, 0.29) is 18.1 Å². The molecule has 0 saturated heterocycles. The maximum Gasteiger partial charge on any atom is 0.348 e. The first-order valence-corrected chi connectivity index (χ1v) is 7.07. The first-order chi connectivity index (χ1) is 9.22. The van der Waals surface area contributed by atoms with Crippen LogP contribution in [0.2, 0.25) is 0 Å². The first kappa shape index (κ1) is 13.8. The molecule has 0 unspecified atom stereocenters. The van der Waals surface area contributed by atoms with Crippen molar-refractivity contribution >= 4 is 17.3 Å². The van der Waals surface area contributed by atoms with Gasteiger partial charge in [0.05, 0.1) is 0 Å². The SMILES string of the molecule is CN[C@H](C)[C@@H](OC(=O)c1cccs1)c1ccccc1. The van der Waals surface area contributed by atoms with Gasteiger partial charge < -0.3 is 10.1 Å². The molecule has 0 bridgehead atoms. The predicted molar refractivity (Wildman–Crippen MR) is 77.4 cm³/mol. The smallest absolute Gasteiger partial charge is 0.348 e. The molecular weight excluding hydrogens is 258 g/mol. The second-order valence-corrected chi connectivity index (χ2v) is 5.24. The van der Waals surface area contributed by atoms with Crippen LogP contribution in [0.25, 0.3) is 0 Å². The first-order valence-electron chi connectivity index (χ1n) is 6.19. The van der Waals surface area contributed by atoms with Crippen LogP contribution in [0.4, 0.5) is 0 Å². The summed E-state index contributed by atoms with van der Waals surface area (Å²) in [5.41, 5.74) is 0.995. The zero-order valence-electron chi connectivity index (χ0n) is 11.0. The zero-order chi connectivity index (χ0) is 13.7. The lowest BCUT2D eigenvalue weighted by molar-refractivity contribution is 0.0225. The standard InChI is InChI=1S/C15H17NO2S/c1-11(16-2)14(12-7-4-3-5-8-12)18-15(17)13-9-6-10-19-13/h3-11,14,16H,1-2H3/t11-,14-/m1/s1. The molecule has 1 N–H and O–H groups in total. The molecule has 0 amide bonds. The van der Waals surface area contributed by atoms with Gasteiger partial charge >= 0.3 is 5.97 Å². The maximum atomic E-state index is 12.1. The second-order valence-electron chi connectivity index (χ2n) is 4.29. The van der Waals surface area contributed by atoms with Crippen molar-refractivity contribution in [3.63, 3.8) is 0 Å². The minimum atomic E-state index is -0.291. The van der Waals surface area contributed by atoms with E-state index < -0.39 is 0 Å². The molecule has 0 spiro atoms. The van der Waals surface area contributed by atoms with Crippen LogP contribution in [-0.2, 0) is 4.74 Å². The van der Waals surface area contributed by atoms with E-state index in [1.807, 2.05) is 55.7 Å². The molecule has 0 saturated carbocycles. The highest BCUT2D eigenvalue weighted by molar-refractivity contribution is 7.11. The van der Waals surface area contributed by atoms with Crippen LogP contribution in [0.3, 0.4) is 0 Å². The van der Waals surface area contributed by atoms with E-state index in [2.05, 4.69) is 5.32 Å². The van der Waals surface area contributed by atoms with Crippen molar-refractivity contribution in [3.8, 4) is 0 Å². The minimum absolute atomic E-state index is 0.0475. The number of thiophene rings is 1. The highest BCUT2D eigenvalue weighted by Crippen LogP contribution is 2.23. The van der Waals surface area contributed by atoms with Gasteiger partial charge in [0.25, 0.3) is 0 Å². The Morgan fingerprint density at radius 1 is 1.21 bits per heavy atom. The second kappa shape index (κ2) is 6.50. The fourth-order valence-corrected chi connectivity index (χ4v) is 2.43. The third-order valence-electron chi connectivity index (χ3n) is 2.99. The molecule has 3 nitrogen and oxygen atoms in total. The summed E-state index contributed by atoms with van der Waals surface area (Å²) in [6.45, 7) is 2.00. The van der Waals surface area contributed by atoms with E-state index in [0.717, 1.165) is 5.56 Å². The van der Waals surface area contributed by atoms with Crippen LogP contribution >= 0.6 is 11.3 Å². The van der Waals surface area contributed by atoms with Gasteiger partial charge in [0, 0.05) is 6.04 Å². The lowest BCUT2D eigenvalue weighted by Gasteiger charge is -2.24. The Hall–Kier alpha value is -1.65. The molecular formula is C15H17NO2S. The Morgan fingerprint density at radius 2 is 1.95 bits per heavy atom. The lowest BCUT2D eigenvalue weighted by atomic mass is 10.0. The van der Waals surface area contributed by atoms with Crippen molar-refractivity contribution in [2.24, 2.45) is 0 Å². The van der Waals surface area contributed by atoms with Crippen LogP contribution in [0.15, 0.2) is 47.8 Å². The number of rotatable bonds is 5. The van der Waals surface area contributed by atoms with Gasteiger partial charge in [-0.2, -0.15) is 0 Å². The highest BCUT2D eigenvalue weighted by Gasteiger charge is 2.23. The number of ether oxygens (including phenoxy) is 1. The van der Waals surface area contributed by atoms with E-state index in [4.69, 9.17) is 4.74 Å². The van der Waals surface area contributed by atoms with Gasteiger partial charge in [-0.3, -0.25) is 0 Å².